The van der Waals surface area contributed by atoms with Crippen LogP contribution in [0.15, 0.2) is 53.8 Å². The number of hydrogen-bond donors (Lipinski definition) is 3. The topological polar surface area (TPSA) is 90.9 Å². The summed E-state index contributed by atoms with van der Waals surface area (Å²) in [7, 11) is 3.38. The van der Waals surface area contributed by atoms with Crippen LogP contribution in [0.3, 0.4) is 0 Å². The molecular formula is C22H31IN6O2. The number of ether oxygens (including phenoxy) is 1. The van der Waals surface area contributed by atoms with Gasteiger partial charge in [-0.1, -0.05) is 12.1 Å². The first kappa shape index (κ1) is 24.9. The second-order valence-electron chi connectivity index (χ2n) is 7.13. The van der Waals surface area contributed by atoms with E-state index in [1.165, 1.54) is 18.4 Å². The summed E-state index contributed by atoms with van der Waals surface area (Å²) < 4.78 is 5.29. The number of pyridine rings is 1. The zero-order valence-electron chi connectivity index (χ0n) is 18.0. The molecule has 0 radical (unpaired) electrons. The first-order chi connectivity index (χ1) is 14.7. The van der Waals surface area contributed by atoms with Crippen LogP contribution in [0.1, 0.15) is 24.4 Å². The fourth-order valence-corrected chi connectivity index (χ4v) is 3.56. The van der Waals surface area contributed by atoms with Crippen molar-refractivity contribution in [3.8, 4) is 5.75 Å². The third kappa shape index (κ3) is 7.66. The predicted molar refractivity (Wildman–Crippen MR) is 134 cm³/mol. The van der Waals surface area contributed by atoms with Gasteiger partial charge in [0.05, 0.1) is 31.6 Å². The highest BCUT2D eigenvalue weighted by Crippen LogP contribution is 2.26. The van der Waals surface area contributed by atoms with Crippen LogP contribution in [0.5, 0.6) is 5.75 Å². The van der Waals surface area contributed by atoms with Gasteiger partial charge in [-0.25, -0.2) is 0 Å². The lowest BCUT2D eigenvalue weighted by atomic mass is 10.1. The number of rotatable bonds is 8. The Morgan fingerprint density at radius 1 is 1.19 bits per heavy atom. The van der Waals surface area contributed by atoms with Gasteiger partial charge in [0, 0.05) is 19.8 Å². The molecule has 0 saturated carbocycles. The SMILES string of the molecule is CN=C(NCC(=O)Nc1cccnc1)NCC(c1ccc(OC)cc1)N1CCCC1.I. The first-order valence-corrected chi connectivity index (χ1v) is 10.2. The summed E-state index contributed by atoms with van der Waals surface area (Å²) in [6, 6.07) is 12.0. The monoisotopic (exact) mass is 538 g/mol. The van der Waals surface area contributed by atoms with Crippen LogP contribution in [0.25, 0.3) is 0 Å². The number of carbonyl (C=O) groups excluding carboxylic acids is 1. The molecule has 0 spiro atoms. The third-order valence-corrected chi connectivity index (χ3v) is 5.13. The van der Waals surface area contributed by atoms with Gasteiger partial charge in [-0.2, -0.15) is 0 Å². The van der Waals surface area contributed by atoms with Crippen molar-refractivity contribution < 1.29 is 9.53 Å². The molecule has 9 heteroatoms. The summed E-state index contributed by atoms with van der Waals surface area (Å²) in [5.41, 5.74) is 1.90. The van der Waals surface area contributed by atoms with Gasteiger partial charge in [-0.15, -0.1) is 24.0 Å². The molecule has 0 aliphatic carbocycles. The van der Waals surface area contributed by atoms with E-state index < -0.39 is 0 Å². The number of amides is 1. The highest BCUT2D eigenvalue weighted by atomic mass is 127. The number of benzene rings is 1. The molecule has 0 bridgehead atoms. The number of guanidine groups is 1. The van der Waals surface area contributed by atoms with E-state index in [-0.39, 0.29) is 42.5 Å². The van der Waals surface area contributed by atoms with E-state index in [0.29, 0.717) is 18.2 Å². The molecule has 1 aliphatic heterocycles. The van der Waals surface area contributed by atoms with Crippen molar-refractivity contribution >= 4 is 41.5 Å². The van der Waals surface area contributed by atoms with Crippen LogP contribution >= 0.6 is 24.0 Å². The predicted octanol–water partition coefficient (Wildman–Crippen LogP) is 2.65. The summed E-state index contributed by atoms with van der Waals surface area (Å²) in [6.07, 6.45) is 5.71. The normalized spacial score (nSPS) is 15.0. The number of aliphatic imine (C=N–C) groups is 1. The average molecular weight is 538 g/mol. The molecular weight excluding hydrogens is 507 g/mol. The van der Waals surface area contributed by atoms with E-state index in [4.69, 9.17) is 4.74 Å². The van der Waals surface area contributed by atoms with Crippen molar-refractivity contribution in [3.63, 3.8) is 0 Å². The summed E-state index contributed by atoms with van der Waals surface area (Å²) in [5.74, 6) is 1.29. The fourth-order valence-electron chi connectivity index (χ4n) is 3.56. The standard InChI is InChI=1S/C22H30N6O2.HI/c1-23-22(26-16-21(29)27-18-6-5-11-24-14-18)25-15-20(28-12-3-4-13-28)17-7-9-19(30-2)10-8-17;/h5-11,14,20H,3-4,12-13,15-16H2,1-2H3,(H,27,29)(H2,23,25,26);1H. The van der Waals surface area contributed by atoms with Gasteiger partial charge in [0.15, 0.2) is 5.96 Å². The van der Waals surface area contributed by atoms with Gasteiger partial charge >= 0.3 is 0 Å². The van der Waals surface area contributed by atoms with Crippen LogP contribution in [0.2, 0.25) is 0 Å². The zero-order chi connectivity index (χ0) is 21.2. The lowest BCUT2D eigenvalue weighted by molar-refractivity contribution is -0.115. The van der Waals surface area contributed by atoms with Gasteiger partial charge in [-0.3, -0.25) is 19.7 Å². The van der Waals surface area contributed by atoms with E-state index >= 15 is 0 Å². The molecule has 2 heterocycles. The number of anilines is 1. The highest BCUT2D eigenvalue weighted by Gasteiger charge is 2.23. The molecule has 1 unspecified atom stereocenters. The number of hydrogen-bond acceptors (Lipinski definition) is 5. The number of halogens is 1. The van der Waals surface area contributed by atoms with Gasteiger partial charge in [0.1, 0.15) is 5.75 Å². The van der Waals surface area contributed by atoms with E-state index in [2.05, 4.69) is 43.0 Å². The number of methoxy groups -OCH3 is 1. The van der Waals surface area contributed by atoms with Gasteiger partial charge in [0.25, 0.3) is 0 Å². The molecule has 31 heavy (non-hydrogen) atoms. The van der Waals surface area contributed by atoms with Crippen molar-refractivity contribution in [2.45, 2.75) is 18.9 Å². The van der Waals surface area contributed by atoms with Crippen LogP contribution in [0, 0.1) is 0 Å². The minimum absolute atomic E-state index is 0. The van der Waals surface area contributed by atoms with Crippen molar-refractivity contribution in [1.82, 2.24) is 20.5 Å². The summed E-state index contributed by atoms with van der Waals surface area (Å²) in [6.45, 7) is 2.97. The van der Waals surface area contributed by atoms with Gasteiger partial charge < -0.3 is 20.7 Å². The average Bonchev–Trinajstić information content (AvgIpc) is 3.31. The molecule has 168 valence electrons. The van der Waals surface area contributed by atoms with Crippen molar-refractivity contribution in [2.24, 2.45) is 4.99 Å². The van der Waals surface area contributed by atoms with Crippen LogP contribution < -0.4 is 20.7 Å². The van der Waals surface area contributed by atoms with Crippen LogP contribution in [-0.4, -0.2) is 62.1 Å². The quantitative estimate of drug-likeness (QED) is 0.272. The Balaban J connectivity index is 0.00000341. The molecule has 1 aliphatic rings. The Labute approximate surface area is 200 Å². The Kier molecular flexibility index (Phi) is 10.5. The minimum Gasteiger partial charge on any atom is -0.497 e. The number of carbonyl (C=O) groups is 1. The van der Waals surface area contributed by atoms with Crippen LogP contribution in [-0.2, 0) is 4.79 Å². The van der Waals surface area contributed by atoms with Gasteiger partial charge in [0.2, 0.25) is 5.91 Å². The van der Waals surface area contributed by atoms with Gasteiger partial charge in [-0.05, 0) is 55.8 Å². The maximum atomic E-state index is 12.2. The molecule has 1 saturated heterocycles. The first-order valence-electron chi connectivity index (χ1n) is 10.2. The molecule has 1 aromatic heterocycles. The van der Waals surface area contributed by atoms with Crippen molar-refractivity contribution in [3.05, 3.63) is 54.4 Å². The maximum Gasteiger partial charge on any atom is 0.243 e. The van der Waals surface area contributed by atoms with E-state index in [0.717, 1.165) is 18.8 Å². The molecule has 2 aromatic rings. The maximum absolute atomic E-state index is 12.2. The molecule has 1 amide bonds. The Morgan fingerprint density at radius 2 is 1.94 bits per heavy atom. The van der Waals surface area contributed by atoms with Crippen molar-refractivity contribution in [2.75, 3.05) is 45.7 Å². The second-order valence-corrected chi connectivity index (χ2v) is 7.13. The third-order valence-electron chi connectivity index (χ3n) is 5.13. The smallest absolute Gasteiger partial charge is 0.243 e. The molecule has 1 atom stereocenters. The number of nitrogens with one attached hydrogen (secondary N) is 3. The highest BCUT2D eigenvalue weighted by molar-refractivity contribution is 14.0. The van der Waals surface area contributed by atoms with E-state index in [1.54, 1.807) is 38.7 Å². The number of aromatic nitrogens is 1. The molecule has 3 N–H and O–H groups in total. The van der Waals surface area contributed by atoms with Crippen LogP contribution in [0.4, 0.5) is 5.69 Å². The summed E-state index contributed by atoms with van der Waals surface area (Å²) >= 11 is 0. The fraction of sp³-hybridized carbons (Fsp3) is 0.409. The van der Waals surface area contributed by atoms with Crippen molar-refractivity contribution in [1.29, 1.82) is 0 Å². The lowest BCUT2D eigenvalue weighted by Gasteiger charge is -2.29. The molecule has 3 rings (SSSR count). The molecule has 1 aromatic carbocycles. The van der Waals surface area contributed by atoms with E-state index in [9.17, 15) is 4.79 Å². The number of likely N-dealkylation sites (tertiary alicyclic amines) is 1. The largest absolute Gasteiger partial charge is 0.497 e. The van der Waals surface area contributed by atoms with E-state index in [1.807, 2.05) is 12.1 Å². The Hall–Kier alpha value is -2.40. The lowest BCUT2D eigenvalue weighted by Crippen LogP contribution is -2.44. The molecule has 1 fully saturated rings. The zero-order valence-corrected chi connectivity index (χ0v) is 20.3. The summed E-state index contributed by atoms with van der Waals surface area (Å²) in [5, 5.41) is 9.24. The molecule has 8 nitrogen and oxygen atoms in total. The summed E-state index contributed by atoms with van der Waals surface area (Å²) in [4.78, 5) is 22.9. The second kappa shape index (κ2) is 13.1. The Morgan fingerprint density at radius 3 is 2.55 bits per heavy atom. The minimum atomic E-state index is -0.155. The Bertz CT molecular complexity index is 826. The number of nitrogens with zero attached hydrogens (tertiary/aromatic N) is 3.